The van der Waals surface area contributed by atoms with Gasteiger partial charge in [0.25, 0.3) is 5.91 Å². The SMILES string of the molecule is O=C(C1C=C(c2cccc(Cl)c2)C=CN1)N1CCc2ccccc21. The summed E-state index contributed by atoms with van der Waals surface area (Å²) >= 11 is 6.08. The number of fused-ring (bicyclic) bond motifs is 1. The predicted octanol–water partition coefficient (Wildman–Crippen LogP) is 3.80. The van der Waals surface area contributed by atoms with Crippen LogP contribution in [0.5, 0.6) is 0 Å². The lowest BCUT2D eigenvalue weighted by atomic mass is 10.0. The van der Waals surface area contributed by atoms with Crippen LogP contribution in [0, 0.1) is 0 Å². The molecule has 0 radical (unpaired) electrons. The number of anilines is 1. The molecule has 0 aliphatic carbocycles. The average Bonchev–Trinajstić information content (AvgIpc) is 3.05. The molecule has 4 rings (SSSR count). The quantitative estimate of drug-likeness (QED) is 0.904. The van der Waals surface area contributed by atoms with Crippen LogP contribution < -0.4 is 10.2 Å². The fraction of sp³-hybridized carbons (Fsp3) is 0.150. The Hall–Kier alpha value is -2.52. The van der Waals surface area contributed by atoms with Crippen LogP contribution in [0.1, 0.15) is 11.1 Å². The van der Waals surface area contributed by atoms with Gasteiger partial charge in [0, 0.05) is 17.3 Å². The van der Waals surface area contributed by atoms with Crippen LogP contribution >= 0.6 is 11.6 Å². The summed E-state index contributed by atoms with van der Waals surface area (Å²) in [5.41, 5.74) is 4.27. The van der Waals surface area contributed by atoms with Gasteiger partial charge < -0.3 is 10.2 Å². The molecule has 2 aliphatic heterocycles. The molecule has 1 atom stereocenters. The molecule has 24 heavy (non-hydrogen) atoms. The highest BCUT2D eigenvalue weighted by Gasteiger charge is 2.29. The van der Waals surface area contributed by atoms with Crippen molar-refractivity contribution in [3.8, 4) is 0 Å². The third-order valence-electron chi connectivity index (χ3n) is 4.46. The Balaban J connectivity index is 1.61. The summed E-state index contributed by atoms with van der Waals surface area (Å²) in [5, 5.41) is 3.85. The number of hydrogen-bond donors (Lipinski definition) is 1. The molecule has 0 fully saturated rings. The van der Waals surface area contributed by atoms with E-state index in [4.69, 9.17) is 11.6 Å². The molecule has 1 unspecified atom stereocenters. The normalized spacial score (nSPS) is 18.8. The van der Waals surface area contributed by atoms with Crippen LogP contribution in [0.15, 0.2) is 66.9 Å². The number of carbonyl (C=O) groups is 1. The first-order valence-electron chi connectivity index (χ1n) is 8.02. The second-order valence-corrected chi connectivity index (χ2v) is 6.42. The van der Waals surface area contributed by atoms with Gasteiger partial charge in [-0.1, -0.05) is 41.9 Å². The van der Waals surface area contributed by atoms with Gasteiger partial charge in [0.15, 0.2) is 0 Å². The maximum Gasteiger partial charge on any atom is 0.253 e. The number of allylic oxidation sites excluding steroid dienone is 2. The monoisotopic (exact) mass is 336 g/mol. The lowest BCUT2D eigenvalue weighted by molar-refractivity contribution is -0.119. The Morgan fingerprint density at radius 2 is 2.04 bits per heavy atom. The van der Waals surface area contributed by atoms with Crippen molar-refractivity contribution < 1.29 is 4.79 Å². The second-order valence-electron chi connectivity index (χ2n) is 5.98. The summed E-state index contributed by atoms with van der Waals surface area (Å²) in [6.07, 6.45) is 6.68. The van der Waals surface area contributed by atoms with Gasteiger partial charge in [-0.05, 0) is 59.7 Å². The lowest BCUT2D eigenvalue weighted by Gasteiger charge is -2.25. The number of para-hydroxylation sites is 1. The Morgan fingerprint density at radius 3 is 2.92 bits per heavy atom. The highest BCUT2D eigenvalue weighted by atomic mass is 35.5. The Bertz CT molecular complexity index is 856. The molecule has 0 bridgehead atoms. The lowest BCUT2D eigenvalue weighted by Crippen LogP contribution is -2.44. The van der Waals surface area contributed by atoms with E-state index in [1.54, 1.807) is 0 Å². The molecular formula is C20H17ClN2O. The number of halogens is 1. The van der Waals surface area contributed by atoms with E-state index in [2.05, 4.69) is 11.4 Å². The van der Waals surface area contributed by atoms with Gasteiger partial charge in [-0.2, -0.15) is 0 Å². The molecule has 0 saturated heterocycles. The number of benzene rings is 2. The van der Waals surface area contributed by atoms with E-state index in [-0.39, 0.29) is 11.9 Å². The first-order chi connectivity index (χ1) is 11.7. The molecule has 0 spiro atoms. The molecule has 2 heterocycles. The summed E-state index contributed by atoms with van der Waals surface area (Å²) in [4.78, 5) is 14.8. The van der Waals surface area contributed by atoms with Gasteiger partial charge in [0.2, 0.25) is 0 Å². The number of hydrogen-bond acceptors (Lipinski definition) is 2. The van der Waals surface area contributed by atoms with E-state index in [1.165, 1.54) is 5.56 Å². The summed E-state index contributed by atoms with van der Waals surface area (Å²) < 4.78 is 0. The van der Waals surface area contributed by atoms with Gasteiger partial charge in [0.05, 0.1) is 0 Å². The summed E-state index contributed by atoms with van der Waals surface area (Å²) in [6, 6.07) is 15.4. The predicted molar refractivity (Wildman–Crippen MR) is 98.0 cm³/mol. The zero-order chi connectivity index (χ0) is 16.5. The number of nitrogens with one attached hydrogen (secondary N) is 1. The highest BCUT2D eigenvalue weighted by Crippen LogP contribution is 2.29. The molecule has 4 heteroatoms. The fourth-order valence-electron chi connectivity index (χ4n) is 3.26. The molecule has 2 aromatic carbocycles. The third kappa shape index (κ3) is 2.72. The topological polar surface area (TPSA) is 32.3 Å². The summed E-state index contributed by atoms with van der Waals surface area (Å²) in [6.45, 7) is 0.737. The van der Waals surface area contributed by atoms with Crippen LogP contribution in [0.4, 0.5) is 5.69 Å². The molecule has 0 saturated carbocycles. The van der Waals surface area contributed by atoms with Crippen molar-refractivity contribution >= 4 is 28.8 Å². The van der Waals surface area contributed by atoms with Crippen molar-refractivity contribution in [2.24, 2.45) is 0 Å². The molecule has 1 amide bonds. The maximum atomic E-state index is 13.0. The van der Waals surface area contributed by atoms with Crippen LogP contribution in [-0.2, 0) is 11.2 Å². The van der Waals surface area contributed by atoms with Crippen LogP contribution in [0.25, 0.3) is 5.57 Å². The summed E-state index contributed by atoms with van der Waals surface area (Å²) in [7, 11) is 0. The number of rotatable bonds is 2. The fourth-order valence-corrected chi connectivity index (χ4v) is 3.45. The molecule has 3 nitrogen and oxygen atoms in total. The van der Waals surface area contributed by atoms with E-state index < -0.39 is 0 Å². The highest BCUT2D eigenvalue weighted by molar-refractivity contribution is 6.30. The van der Waals surface area contributed by atoms with Gasteiger partial charge >= 0.3 is 0 Å². The average molecular weight is 337 g/mol. The molecule has 1 N–H and O–H groups in total. The Morgan fingerprint density at radius 1 is 1.17 bits per heavy atom. The minimum Gasteiger partial charge on any atom is -0.376 e. The number of dihydropyridines is 1. The van der Waals surface area contributed by atoms with Gasteiger partial charge in [-0.3, -0.25) is 4.79 Å². The minimum absolute atomic E-state index is 0.0730. The largest absolute Gasteiger partial charge is 0.376 e. The van der Waals surface area contributed by atoms with Crippen molar-refractivity contribution in [3.63, 3.8) is 0 Å². The standard InChI is InChI=1S/C20H17ClN2O/c21-17-6-3-5-15(12-17)16-8-10-22-18(13-16)20(24)23-11-9-14-4-1-2-7-19(14)23/h1-8,10,12-13,18,22H,9,11H2. The molecule has 2 aliphatic rings. The van der Waals surface area contributed by atoms with E-state index in [0.29, 0.717) is 5.02 Å². The zero-order valence-electron chi connectivity index (χ0n) is 13.1. The van der Waals surface area contributed by atoms with E-state index >= 15 is 0 Å². The summed E-state index contributed by atoms with van der Waals surface area (Å²) in [5.74, 6) is 0.0730. The van der Waals surface area contributed by atoms with Crippen LogP contribution in [0.3, 0.4) is 0 Å². The van der Waals surface area contributed by atoms with Crippen molar-refractivity contribution in [2.75, 3.05) is 11.4 Å². The first kappa shape index (κ1) is 15.0. The van der Waals surface area contributed by atoms with E-state index in [9.17, 15) is 4.79 Å². The number of carbonyl (C=O) groups excluding carboxylic acids is 1. The number of amides is 1. The van der Waals surface area contributed by atoms with E-state index in [0.717, 1.165) is 29.8 Å². The van der Waals surface area contributed by atoms with Gasteiger partial charge in [-0.25, -0.2) is 0 Å². The Labute approximate surface area is 146 Å². The van der Waals surface area contributed by atoms with Crippen LogP contribution in [-0.4, -0.2) is 18.5 Å². The molecular weight excluding hydrogens is 320 g/mol. The van der Waals surface area contributed by atoms with Crippen molar-refractivity contribution in [3.05, 3.63) is 83.0 Å². The third-order valence-corrected chi connectivity index (χ3v) is 4.70. The Kier molecular flexibility index (Phi) is 3.87. The first-order valence-corrected chi connectivity index (χ1v) is 8.40. The minimum atomic E-state index is -0.366. The molecule has 2 aromatic rings. The molecule has 0 aromatic heterocycles. The maximum absolute atomic E-state index is 13.0. The van der Waals surface area contributed by atoms with E-state index in [1.807, 2.05) is 65.7 Å². The zero-order valence-corrected chi connectivity index (χ0v) is 13.8. The van der Waals surface area contributed by atoms with Crippen LogP contribution in [0.2, 0.25) is 5.02 Å². The van der Waals surface area contributed by atoms with Gasteiger partial charge in [0.1, 0.15) is 6.04 Å². The van der Waals surface area contributed by atoms with Crippen molar-refractivity contribution in [1.29, 1.82) is 0 Å². The number of nitrogens with zero attached hydrogens (tertiary/aromatic N) is 1. The van der Waals surface area contributed by atoms with Crippen molar-refractivity contribution in [1.82, 2.24) is 5.32 Å². The van der Waals surface area contributed by atoms with Gasteiger partial charge in [-0.15, -0.1) is 0 Å². The van der Waals surface area contributed by atoms with Crippen molar-refractivity contribution in [2.45, 2.75) is 12.5 Å². The molecule has 120 valence electrons. The second kappa shape index (κ2) is 6.17. The smallest absolute Gasteiger partial charge is 0.253 e.